The fraction of sp³-hybridized carbons (Fsp3) is 0.500. The van der Waals surface area contributed by atoms with Crippen LogP contribution in [-0.2, 0) is 14.3 Å². The monoisotopic (exact) mass is 192 g/mol. The number of Topliss-reactive ketones (excluding diaryl/α,β-unsaturated/α-hetero) is 1. The lowest BCUT2D eigenvalue weighted by atomic mass is 10.3. The van der Waals surface area contributed by atoms with Crippen LogP contribution in [0.15, 0.2) is 12.2 Å². The second-order valence-corrected chi connectivity index (χ2v) is 2.32. The standard InChI is InChI=1S/C8H10F2O3/c1-6(11)5-8(12)13-4-2-3-7(9)10/h2-3,7H,4-5H2,1H3/b3-2+. The fourth-order valence-corrected chi connectivity index (χ4v) is 0.554. The third kappa shape index (κ3) is 8.65. The van der Waals surface area contributed by atoms with Gasteiger partial charge in [0.15, 0.2) is 0 Å². The van der Waals surface area contributed by atoms with Gasteiger partial charge in [-0.1, -0.05) is 0 Å². The molecule has 0 aliphatic heterocycles. The van der Waals surface area contributed by atoms with Crippen LogP contribution in [0.3, 0.4) is 0 Å². The Hall–Kier alpha value is -1.26. The molecule has 0 fully saturated rings. The maximum atomic E-state index is 11.5. The molecule has 5 heteroatoms. The van der Waals surface area contributed by atoms with Crippen LogP contribution in [0.5, 0.6) is 0 Å². The summed E-state index contributed by atoms with van der Waals surface area (Å²) in [6.07, 6.45) is -1.22. The van der Waals surface area contributed by atoms with Gasteiger partial charge in [-0.15, -0.1) is 0 Å². The highest BCUT2D eigenvalue weighted by molar-refractivity contribution is 5.94. The van der Waals surface area contributed by atoms with Crippen LogP contribution in [0.1, 0.15) is 13.3 Å². The number of alkyl halides is 2. The van der Waals surface area contributed by atoms with E-state index in [-0.39, 0.29) is 18.8 Å². The summed E-state index contributed by atoms with van der Waals surface area (Å²) in [5.74, 6) is -1.02. The number of esters is 1. The Morgan fingerprint density at radius 1 is 1.46 bits per heavy atom. The van der Waals surface area contributed by atoms with Gasteiger partial charge in [0.25, 0.3) is 6.43 Å². The SMILES string of the molecule is CC(=O)CC(=O)OC/C=C/C(F)F. The molecule has 0 aromatic rings. The van der Waals surface area contributed by atoms with Gasteiger partial charge in [0.2, 0.25) is 0 Å². The van der Waals surface area contributed by atoms with E-state index in [1.54, 1.807) is 0 Å². The van der Waals surface area contributed by atoms with Gasteiger partial charge in [-0.2, -0.15) is 0 Å². The Labute approximate surface area is 74.4 Å². The van der Waals surface area contributed by atoms with Crippen molar-refractivity contribution in [2.45, 2.75) is 19.8 Å². The van der Waals surface area contributed by atoms with Crippen molar-refractivity contribution < 1.29 is 23.1 Å². The average Bonchev–Trinajstić information content (AvgIpc) is 1.96. The molecule has 0 atom stereocenters. The van der Waals surface area contributed by atoms with Gasteiger partial charge in [-0.3, -0.25) is 9.59 Å². The minimum absolute atomic E-state index is 0.226. The zero-order valence-corrected chi connectivity index (χ0v) is 7.13. The highest BCUT2D eigenvalue weighted by atomic mass is 19.3. The highest BCUT2D eigenvalue weighted by Gasteiger charge is 2.04. The summed E-state index contributed by atoms with van der Waals surface area (Å²) in [4.78, 5) is 21.0. The van der Waals surface area contributed by atoms with Crippen molar-refractivity contribution in [2.24, 2.45) is 0 Å². The molecule has 0 aromatic heterocycles. The van der Waals surface area contributed by atoms with Gasteiger partial charge in [-0.05, 0) is 19.1 Å². The predicted molar refractivity (Wildman–Crippen MR) is 41.4 cm³/mol. The first-order valence-electron chi connectivity index (χ1n) is 3.62. The molecular weight excluding hydrogens is 182 g/mol. The molecule has 0 N–H and O–H groups in total. The molecule has 0 bridgehead atoms. The lowest BCUT2D eigenvalue weighted by molar-refractivity contribution is -0.144. The summed E-state index contributed by atoms with van der Waals surface area (Å²) >= 11 is 0. The number of ketones is 1. The molecule has 74 valence electrons. The molecular formula is C8H10F2O3. The van der Waals surface area contributed by atoms with Crippen molar-refractivity contribution in [3.63, 3.8) is 0 Å². The van der Waals surface area contributed by atoms with Crippen molar-refractivity contribution in [3.05, 3.63) is 12.2 Å². The maximum absolute atomic E-state index is 11.5. The van der Waals surface area contributed by atoms with Gasteiger partial charge in [0, 0.05) is 0 Å². The molecule has 0 saturated carbocycles. The lowest BCUT2D eigenvalue weighted by Gasteiger charge is -1.98. The van der Waals surface area contributed by atoms with Gasteiger partial charge >= 0.3 is 5.97 Å². The maximum Gasteiger partial charge on any atom is 0.313 e. The summed E-state index contributed by atoms with van der Waals surface area (Å²) in [5, 5.41) is 0. The van der Waals surface area contributed by atoms with E-state index >= 15 is 0 Å². The summed E-state index contributed by atoms with van der Waals surface area (Å²) in [7, 11) is 0. The summed E-state index contributed by atoms with van der Waals surface area (Å²) < 4.78 is 27.4. The van der Waals surface area contributed by atoms with Crippen LogP contribution in [0.25, 0.3) is 0 Å². The number of ether oxygens (including phenoxy) is 1. The number of rotatable bonds is 5. The molecule has 0 aliphatic rings. The van der Waals surface area contributed by atoms with E-state index in [0.717, 1.165) is 6.08 Å². The Morgan fingerprint density at radius 2 is 2.08 bits per heavy atom. The van der Waals surface area contributed by atoms with Crippen molar-refractivity contribution >= 4 is 11.8 Å². The third-order valence-electron chi connectivity index (χ3n) is 1.02. The first-order chi connectivity index (χ1) is 6.02. The van der Waals surface area contributed by atoms with E-state index in [1.807, 2.05) is 0 Å². The van der Waals surface area contributed by atoms with E-state index in [0.29, 0.717) is 6.08 Å². The van der Waals surface area contributed by atoms with Crippen molar-refractivity contribution in [2.75, 3.05) is 6.61 Å². The van der Waals surface area contributed by atoms with Crippen LogP contribution in [0.4, 0.5) is 8.78 Å². The van der Waals surface area contributed by atoms with E-state index in [1.165, 1.54) is 6.92 Å². The second kappa shape index (κ2) is 6.28. The third-order valence-corrected chi connectivity index (χ3v) is 1.02. The largest absolute Gasteiger partial charge is 0.461 e. The molecule has 0 aromatic carbocycles. The number of hydrogen-bond acceptors (Lipinski definition) is 3. The Morgan fingerprint density at radius 3 is 2.54 bits per heavy atom. The minimum Gasteiger partial charge on any atom is -0.461 e. The molecule has 0 saturated heterocycles. The highest BCUT2D eigenvalue weighted by Crippen LogP contribution is 1.94. The van der Waals surface area contributed by atoms with Crippen molar-refractivity contribution in [1.29, 1.82) is 0 Å². The Bertz CT molecular complexity index is 211. The molecule has 0 rings (SSSR count). The van der Waals surface area contributed by atoms with E-state index in [4.69, 9.17) is 0 Å². The first kappa shape index (κ1) is 11.7. The van der Waals surface area contributed by atoms with E-state index < -0.39 is 12.4 Å². The number of allylic oxidation sites excluding steroid dienone is 1. The smallest absolute Gasteiger partial charge is 0.313 e. The number of carbonyl (C=O) groups excluding carboxylic acids is 2. The normalized spacial score (nSPS) is 10.8. The number of carbonyl (C=O) groups is 2. The zero-order valence-electron chi connectivity index (χ0n) is 7.13. The number of halogens is 2. The van der Waals surface area contributed by atoms with Crippen LogP contribution < -0.4 is 0 Å². The van der Waals surface area contributed by atoms with Crippen LogP contribution in [-0.4, -0.2) is 24.8 Å². The van der Waals surface area contributed by atoms with Crippen LogP contribution in [0.2, 0.25) is 0 Å². The quantitative estimate of drug-likeness (QED) is 0.375. The van der Waals surface area contributed by atoms with Crippen LogP contribution in [0, 0.1) is 0 Å². The second-order valence-electron chi connectivity index (χ2n) is 2.32. The van der Waals surface area contributed by atoms with Gasteiger partial charge in [-0.25, -0.2) is 8.78 Å². The van der Waals surface area contributed by atoms with Gasteiger partial charge < -0.3 is 4.74 Å². The summed E-state index contributed by atoms with van der Waals surface area (Å²) in [5.41, 5.74) is 0. The summed E-state index contributed by atoms with van der Waals surface area (Å²) in [6.45, 7) is 1.02. The van der Waals surface area contributed by atoms with Gasteiger partial charge in [0.1, 0.15) is 18.8 Å². The summed E-state index contributed by atoms with van der Waals surface area (Å²) in [6, 6.07) is 0. The van der Waals surface area contributed by atoms with Gasteiger partial charge in [0.05, 0.1) is 0 Å². The van der Waals surface area contributed by atoms with Crippen molar-refractivity contribution in [3.8, 4) is 0 Å². The molecule has 0 unspecified atom stereocenters. The predicted octanol–water partition coefficient (Wildman–Crippen LogP) is 1.33. The lowest BCUT2D eigenvalue weighted by Crippen LogP contribution is -2.08. The molecule has 0 aliphatic carbocycles. The molecule has 0 heterocycles. The topological polar surface area (TPSA) is 43.4 Å². The minimum atomic E-state index is -2.55. The van der Waals surface area contributed by atoms with Crippen molar-refractivity contribution in [1.82, 2.24) is 0 Å². The first-order valence-corrected chi connectivity index (χ1v) is 3.62. The Balaban J connectivity index is 3.53. The fourth-order valence-electron chi connectivity index (χ4n) is 0.554. The molecule has 0 radical (unpaired) electrons. The van der Waals surface area contributed by atoms with Crippen LogP contribution >= 0.6 is 0 Å². The average molecular weight is 192 g/mol. The molecule has 13 heavy (non-hydrogen) atoms. The molecule has 3 nitrogen and oxygen atoms in total. The van der Waals surface area contributed by atoms with E-state index in [9.17, 15) is 18.4 Å². The Kier molecular flexibility index (Phi) is 5.67. The number of hydrogen-bond donors (Lipinski definition) is 0. The molecule has 0 amide bonds. The van der Waals surface area contributed by atoms with E-state index in [2.05, 4.69) is 4.74 Å². The molecule has 0 spiro atoms. The zero-order chi connectivity index (χ0) is 10.3.